The van der Waals surface area contributed by atoms with Gasteiger partial charge in [-0.05, 0) is 91.5 Å². The molecule has 0 aliphatic heterocycles. The molecule has 2 N–H and O–H groups in total. The van der Waals surface area contributed by atoms with Crippen molar-refractivity contribution in [3.05, 3.63) is 112 Å². The fourth-order valence-corrected chi connectivity index (χ4v) is 4.03. The minimum atomic E-state index is 0.0291. The molecule has 4 rings (SSSR count). The first-order valence-electron chi connectivity index (χ1n) is 9.69. The predicted molar refractivity (Wildman–Crippen MR) is 133 cm³/mol. The number of hydrogen-bond donors (Lipinski definition) is 2. The van der Waals surface area contributed by atoms with Gasteiger partial charge in [0, 0.05) is 5.57 Å². The molecule has 0 saturated carbocycles. The number of phenolic OH excluding ortho intramolecular Hbond substituents is 2. The Morgan fingerprint density at radius 2 is 0.969 bits per heavy atom. The maximum absolute atomic E-state index is 10.3. The largest absolute Gasteiger partial charge is 0.504 e. The van der Waals surface area contributed by atoms with Crippen LogP contribution >= 0.6 is 31.9 Å². The molecular weight excluding hydrogens is 536 g/mol. The minimum Gasteiger partial charge on any atom is -0.504 e. The average molecular weight is 554 g/mol. The molecule has 4 nitrogen and oxygen atoms in total. The molecule has 0 spiro atoms. The van der Waals surface area contributed by atoms with E-state index >= 15 is 0 Å². The smallest absolute Gasteiger partial charge is 0.169 e. The van der Waals surface area contributed by atoms with E-state index < -0.39 is 0 Å². The standard InChI is InChI=1S/C26H18Br2O4/c27-26(28)25(17-11-13-21(29)23(15-17)31-19-7-3-1-4-8-19)18-12-14-22(30)24(16-18)32-20-9-5-2-6-10-20/h1-16,29-30H. The second-order valence-electron chi connectivity index (χ2n) is 6.83. The highest BCUT2D eigenvalue weighted by atomic mass is 79.9. The molecule has 0 saturated heterocycles. The summed E-state index contributed by atoms with van der Waals surface area (Å²) in [6.07, 6.45) is 0. The van der Waals surface area contributed by atoms with Gasteiger partial charge in [-0.25, -0.2) is 0 Å². The van der Waals surface area contributed by atoms with Gasteiger partial charge >= 0.3 is 0 Å². The van der Waals surface area contributed by atoms with Crippen molar-refractivity contribution in [2.24, 2.45) is 0 Å². The van der Waals surface area contributed by atoms with E-state index in [-0.39, 0.29) is 11.5 Å². The molecule has 4 aromatic carbocycles. The van der Waals surface area contributed by atoms with Crippen LogP contribution in [-0.2, 0) is 0 Å². The van der Waals surface area contributed by atoms with Crippen LogP contribution in [0.1, 0.15) is 11.1 Å². The summed E-state index contributed by atoms with van der Waals surface area (Å²) in [7, 11) is 0. The number of benzene rings is 4. The van der Waals surface area contributed by atoms with Crippen LogP contribution in [0, 0.1) is 0 Å². The Bertz CT molecular complexity index is 1160. The highest BCUT2D eigenvalue weighted by Gasteiger charge is 2.15. The molecule has 0 bridgehead atoms. The average Bonchev–Trinajstić information content (AvgIpc) is 2.79. The molecule has 0 amide bonds. The van der Waals surface area contributed by atoms with Crippen molar-refractivity contribution in [2.75, 3.05) is 0 Å². The Labute approximate surface area is 202 Å². The van der Waals surface area contributed by atoms with Crippen molar-refractivity contribution in [3.63, 3.8) is 0 Å². The van der Waals surface area contributed by atoms with Gasteiger partial charge < -0.3 is 19.7 Å². The molecule has 4 aromatic rings. The van der Waals surface area contributed by atoms with E-state index in [1.807, 2.05) is 60.7 Å². The Hall–Kier alpha value is -3.22. The lowest BCUT2D eigenvalue weighted by atomic mass is 9.98. The number of phenols is 2. The molecular formula is C26H18Br2O4. The van der Waals surface area contributed by atoms with Crippen molar-refractivity contribution >= 4 is 37.4 Å². The first-order chi connectivity index (χ1) is 15.5. The molecule has 6 heteroatoms. The van der Waals surface area contributed by atoms with E-state index in [1.54, 1.807) is 36.4 Å². The zero-order valence-corrected chi connectivity index (χ0v) is 19.9. The van der Waals surface area contributed by atoms with E-state index in [9.17, 15) is 10.2 Å². The lowest BCUT2D eigenvalue weighted by Crippen LogP contribution is -1.93. The van der Waals surface area contributed by atoms with Crippen molar-refractivity contribution in [1.82, 2.24) is 0 Å². The maximum atomic E-state index is 10.3. The zero-order chi connectivity index (χ0) is 22.5. The van der Waals surface area contributed by atoms with Crippen molar-refractivity contribution in [1.29, 1.82) is 0 Å². The molecule has 0 atom stereocenters. The Kier molecular flexibility index (Phi) is 6.83. The second-order valence-corrected chi connectivity index (χ2v) is 9.48. The van der Waals surface area contributed by atoms with Gasteiger partial charge in [0.05, 0.1) is 3.39 Å². The van der Waals surface area contributed by atoms with Crippen LogP contribution in [0.2, 0.25) is 0 Å². The molecule has 0 heterocycles. The van der Waals surface area contributed by atoms with Crippen molar-refractivity contribution in [3.8, 4) is 34.5 Å². The van der Waals surface area contributed by atoms with Gasteiger partial charge in [-0.2, -0.15) is 0 Å². The molecule has 0 radical (unpaired) electrons. The van der Waals surface area contributed by atoms with Crippen LogP contribution in [0.3, 0.4) is 0 Å². The van der Waals surface area contributed by atoms with E-state index in [4.69, 9.17) is 9.47 Å². The lowest BCUT2D eigenvalue weighted by Gasteiger charge is -2.15. The number of halogens is 2. The maximum Gasteiger partial charge on any atom is 0.169 e. The van der Waals surface area contributed by atoms with E-state index in [1.165, 1.54) is 0 Å². The van der Waals surface area contributed by atoms with Gasteiger partial charge in [0.2, 0.25) is 0 Å². The normalized spacial score (nSPS) is 10.4. The third kappa shape index (κ3) is 5.15. The molecule has 32 heavy (non-hydrogen) atoms. The van der Waals surface area contributed by atoms with E-state index in [2.05, 4.69) is 31.9 Å². The van der Waals surface area contributed by atoms with Gasteiger partial charge in [0.1, 0.15) is 11.5 Å². The summed E-state index contributed by atoms with van der Waals surface area (Å²) < 4.78 is 12.4. The third-order valence-electron chi connectivity index (χ3n) is 4.63. The highest BCUT2D eigenvalue weighted by molar-refractivity contribution is 9.28. The quantitative estimate of drug-likeness (QED) is 0.253. The Morgan fingerprint density at radius 1 is 0.562 bits per heavy atom. The highest BCUT2D eigenvalue weighted by Crippen LogP contribution is 2.41. The third-order valence-corrected chi connectivity index (χ3v) is 5.42. The van der Waals surface area contributed by atoms with Crippen LogP contribution in [0.15, 0.2) is 100 Å². The van der Waals surface area contributed by atoms with Crippen molar-refractivity contribution < 1.29 is 19.7 Å². The number of hydrogen-bond acceptors (Lipinski definition) is 4. The summed E-state index contributed by atoms with van der Waals surface area (Å²) in [6, 6.07) is 28.8. The number of rotatable bonds is 6. The molecule has 0 aliphatic rings. The first kappa shape index (κ1) is 22.0. The van der Waals surface area contributed by atoms with Gasteiger partial charge in [-0.15, -0.1) is 0 Å². The fraction of sp³-hybridized carbons (Fsp3) is 0. The lowest BCUT2D eigenvalue weighted by molar-refractivity contribution is 0.411. The second kappa shape index (κ2) is 9.94. The van der Waals surface area contributed by atoms with E-state index in [0.717, 1.165) is 16.7 Å². The Balaban J connectivity index is 1.71. The summed E-state index contributed by atoms with van der Waals surface area (Å²) in [6.45, 7) is 0. The summed E-state index contributed by atoms with van der Waals surface area (Å²) in [4.78, 5) is 0. The first-order valence-corrected chi connectivity index (χ1v) is 11.3. The monoisotopic (exact) mass is 552 g/mol. The Morgan fingerprint density at radius 3 is 1.34 bits per heavy atom. The minimum absolute atomic E-state index is 0.0291. The van der Waals surface area contributed by atoms with Gasteiger partial charge in [-0.1, -0.05) is 48.5 Å². The summed E-state index contributed by atoms with van der Waals surface area (Å²) in [5.74, 6) is 1.94. The molecule has 0 fully saturated rings. The van der Waals surface area contributed by atoms with Gasteiger partial charge in [-0.3, -0.25) is 0 Å². The van der Waals surface area contributed by atoms with Crippen LogP contribution in [-0.4, -0.2) is 10.2 Å². The SMILES string of the molecule is Oc1ccc(C(=C(Br)Br)c2ccc(O)c(Oc3ccccc3)c2)cc1Oc1ccccc1. The summed E-state index contributed by atoms with van der Waals surface area (Å²) in [5, 5.41) is 20.6. The fourth-order valence-electron chi connectivity index (χ4n) is 3.12. The summed E-state index contributed by atoms with van der Waals surface area (Å²) in [5.41, 5.74) is 2.36. The van der Waals surface area contributed by atoms with Crippen LogP contribution in [0.25, 0.3) is 5.57 Å². The number of para-hydroxylation sites is 2. The van der Waals surface area contributed by atoms with E-state index in [0.29, 0.717) is 26.4 Å². The van der Waals surface area contributed by atoms with Crippen LogP contribution < -0.4 is 9.47 Å². The van der Waals surface area contributed by atoms with Crippen molar-refractivity contribution in [2.45, 2.75) is 0 Å². The zero-order valence-electron chi connectivity index (χ0n) is 16.7. The molecule has 0 aromatic heterocycles. The summed E-state index contributed by atoms with van der Waals surface area (Å²) >= 11 is 7.05. The van der Waals surface area contributed by atoms with Crippen LogP contribution in [0.4, 0.5) is 0 Å². The topological polar surface area (TPSA) is 58.9 Å². The molecule has 0 unspecified atom stereocenters. The van der Waals surface area contributed by atoms with Gasteiger partial charge in [0.25, 0.3) is 0 Å². The van der Waals surface area contributed by atoms with Gasteiger partial charge in [0.15, 0.2) is 23.0 Å². The number of ether oxygens (including phenoxy) is 2. The molecule has 160 valence electrons. The van der Waals surface area contributed by atoms with Crippen LogP contribution in [0.5, 0.6) is 34.5 Å². The predicted octanol–water partition coefficient (Wildman–Crippen LogP) is 8.19. The molecule has 0 aliphatic carbocycles. The number of aromatic hydroxyl groups is 2.